The van der Waals surface area contributed by atoms with Crippen LogP contribution in [0.1, 0.15) is 36.6 Å². The first-order valence-electron chi connectivity index (χ1n) is 6.97. The van der Waals surface area contributed by atoms with Gasteiger partial charge in [0.25, 0.3) is 0 Å². The molecule has 2 unspecified atom stereocenters. The van der Waals surface area contributed by atoms with Gasteiger partial charge in [-0.25, -0.2) is 0 Å². The molecular weight excluding hydrogens is 232 g/mol. The first kappa shape index (κ1) is 12.2. The maximum atomic E-state index is 6.28. The standard InChI is InChI=1S/C17H20N2/c1-2-19(13-8-4-3-5-9-13)17-12-16(18)14-10-6-7-11-15(14)17/h3-11,16-17H,2,12,18H2,1H3. The van der Waals surface area contributed by atoms with E-state index in [1.165, 1.54) is 16.8 Å². The van der Waals surface area contributed by atoms with Gasteiger partial charge in [-0.05, 0) is 36.6 Å². The number of rotatable bonds is 3. The molecule has 0 aliphatic heterocycles. The summed E-state index contributed by atoms with van der Waals surface area (Å²) in [6.45, 7) is 3.20. The second-order valence-electron chi connectivity index (χ2n) is 5.11. The van der Waals surface area contributed by atoms with Crippen LogP contribution in [0, 0.1) is 0 Å². The number of anilines is 1. The van der Waals surface area contributed by atoms with Gasteiger partial charge >= 0.3 is 0 Å². The van der Waals surface area contributed by atoms with Crippen LogP contribution in [-0.2, 0) is 0 Å². The monoisotopic (exact) mass is 252 g/mol. The zero-order valence-electron chi connectivity index (χ0n) is 11.3. The molecule has 2 atom stereocenters. The van der Waals surface area contributed by atoms with E-state index in [0.29, 0.717) is 6.04 Å². The van der Waals surface area contributed by atoms with Crippen molar-refractivity contribution < 1.29 is 0 Å². The molecule has 1 aliphatic carbocycles. The quantitative estimate of drug-likeness (QED) is 0.903. The van der Waals surface area contributed by atoms with E-state index in [1.54, 1.807) is 0 Å². The van der Waals surface area contributed by atoms with Crippen LogP contribution < -0.4 is 10.6 Å². The first-order chi connectivity index (χ1) is 9.31. The van der Waals surface area contributed by atoms with E-state index in [9.17, 15) is 0 Å². The summed E-state index contributed by atoms with van der Waals surface area (Å²) < 4.78 is 0. The highest BCUT2D eigenvalue weighted by Crippen LogP contribution is 2.42. The molecule has 2 nitrogen and oxygen atoms in total. The van der Waals surface area contributed by atoms with E-state index in [4.69, 9.17) is 5.73 Å². The molecule has 0 bridgehead atoms. The summed E-state index contributed by atoms with van der Waals surface area (Å²) in [5, 5.41) is 0. The fourth-order valence-electron chi connectivity index (χ4n) is 3.14. The number of para-hydroxylation sites is 1. The molecule has 0 heterocycles. The Morgan fingerprint density at radius 3 is 2.32 bits per heavy atom. The minimum Gasteiger partial charge on any atom is -0.365 e. The van der Waals surface area contributed by atoms with Crippen molar-refractivity contribution in [2.24, 2.45) is 5.73 Å². The van der Waals surface area contributed by atoms with Crippen LogP contribution >= 0.6 is 0 Å². The highest BCUT2D eigenvalue weighted by molar-refractivity contribution is 5.51. The van der Waals surface area contributed by atoms with Gasteiger partial charge in [-0.15, -0.1) is 0 Å². The molecule has 19 heavy (non-hydrogen) atoms. The summed E-state index contributed by atoms with van der Waals surface area (Å²) in [5.41, 5.74) is 10.3. The number of benzene rings is 2. The Labute approximate surface area is 114 Å². The lowest BCUT2D eigenvalue weighted by molar-refractivity contribution is 0.573. The molecule has 0 saturated heterocycles. The molecule has 2 aromatic carbocycles. The molecule has 0 radical (unpaired) electrons. The third-order valence-corrected chi connectivity index (χ3v) is 4.04. The number of fused-ring (bicyclic) bond motifs is 1. The lowest BCUT2D eigenvalue weighted by Gasteiger charge is -2.31. The lowest BCUT2D eigenvalue weighted by Crippen LogP contribution is -2.27. The van der Waals surface area contributed by atoms with Crippen molar-refractivity contribution in [1.29, 1.82) is 0 Å². The molecule has 3 rings (SSSR count). The van der Waals surface area contributed by atoms with Crippen molar-refractivity contribution in [3.05, 3.63) is 65.7 Å². The van der Waals surface area contributed by atoms with Crippen LogP contribution in [-0.4, -0.2) is 6.54 Å². The van der Waals surface area contributed by atoms with E-state index < -0.39 is 0 Å². The summed E-state index contributed by atoms with van der Waals surface area (Å²) in [4.78, 5) is 2.45. The molecular formula is C17H20N2. The largest absolute Gasteiger partial charge is 0.365 e. The van der Waals surface area contributed by atoms with Crippen molar-refractivity contribution >= 4 is 5.69 Å². The number of nitrogens with zero attached hydrogens (tertiary/aromatic N) is 1. The summed E-state index contributed by atoms with van der Waals surface area (Å²) in [7, 11) is 0. The minimum absolute atomic E-state index is 0.166. The van der Waals surface area contributed by atoms with Crippen molar-refractivity contribution in [2.75, 3.05) is 11.4 Å². The predicted octanol–water partition coefficient (Wildman–Crippen LogP) is 3.66. The summed E-state index contributed by atoms with van der Waals surface area (Å²) >= 11 is 0. The second kappa shape index (κ2) is 5.06. The molecule has 98 valence electrons. The zero-order valence-corrected chi connectivity index (χ0v) is 11.3. The summed E-state index contributed by atoms with van der Waals surface area (Å²) in [5.74, 6) is 0. The average Bonchev–Trinajstić information content (AvgIpc) is 2.79. The first-order valence-corrected chi connectivity index (χ1v) is 6.97. The minimum atomic E-state index is 0.166. The Balaban J connectivity index is 1.98. The number of hydrogen-bond acceptors (Lipinski definition) is 2. The Bertz CT molecular complexity index is 550. The Hall–Kier alpha value is -1.80. The van der Waals surface area contributed by atoms with Crippen LogP contribution in [0.3, 0.4) is 0 Å². The smallest absolute Gasteiger partial charge is 0.0563 e. The van der Waals surface area contributed by atoms with Gasteiger partial charge in [0, 0.05) is 18.3 Å². The van der Waals surface area contributed by atoms with Gasteiger partial charge in [-0.2, -0.15) is 0 Å². The molecule has 0 spiro atoms. The Morgan fingerprint density at radius 1 is 1.00 bits per heavy atom. The molecule has 0 aromatic heterocycles. The van der Waals surface area contributed by atoms with Crippen LogP contribution in [0.4, 0.5) is 5.69 Å². The molecule has 0 fully saturated rings. The molecule has 2 N–H and O–H groups in total. The zero-order chi connectivity index (χ0) is 13.2. The summed E-state index contributed by atoms with van der Waals surface area (Å²) in [6.07, 6.45) is 1.00. The third-order valence-electron chi connectivity index (χ3n) is 4.04. The van der Waals surface area contributed by atoms with Gasteiger partial charge in [0.1, 0.15) is 0 Å². The molecule has 2 heteroatoms. The van der Waals surface area contributed by atoms with E-state index in [1.807, 2.05) is 0 Å². The van der Waals surface area contributed by atoms with Crippen LogP contribution in [0.25, 0.3) is 0 Å². The maximum Gasteiger partial charge on any atom is 0.0563 e. The molecule has 0 saturated carbocycles. The molecule has 0 amide bonds. The van der Waals surface area contributed by atoms with E-state index in [2.05, 4.69) is 66.4 Å². The van der Waals surface area contributed by atoms with Gasteiger partial charge in [-0.3, -0.25) is 0 Å². The Kier molecular flexibility index (Phi) is 3.26. The fraction of sp³-hybridized carbons (Fsp3) is 0.294. The van der Waals surface area contributed by atoms with Gasteiger partial charge in [0.05, 0.1) is 6.04 Å². The van der Waals surface area contributed by atoms with Gasteiger partial charge in [-0.1, -0.05) is 42.5 Å². The van der Waals surface area contributed by atoms with Gasteiger partial charge < -0.3 is 10.6 Å². The second-order valence-corrected chi connectivity index (χ2v) is 5.11. The number of hydrogen-bond donors (Lipinski definition) is 1. The summed E-state index contributed by atoms with van der Waals surface area (Å²) in [6, 6.07) is 19.8. The normalized spacial score (nSPS) is 21.2. The van der Waals surface area contributed by atoms with Crippen molar-refractivity contribution in [3.8, 4) is 0 Å². The van der Waals surface area contributed by atoms with E-state index >= 15 is 0 Å². The van der Waals surface area contributed by atoms with Crippen molar-refractivity contribution in [1.82, 2.24) is 0 Å². The SMILES string of the molecule is CCN(c1ccccc1)C1CC(N)c2ccccc21. The highest BCUT2D eigenvalue weighted by Gasteiger charge is 2.31. The molecule has 2 aromatic rings. The van der Waals surface area contributed by atoms with E-state index in [-0.39, 0.29) is 6.04 Å². The third kappa shape index (κ3) is 2.13. The predicted molar refractivity (Wildman–Crippen MR) is 80.2 cm³/mol. The highest BCUT2D eigenvalue weighted by atomic mass is 15.2. The number of nitrogens with two attached hydrogens (primary N) is 1. The van der Waals surface area contributed by atoms with Crippen LogP contribution in [0.2, 0.25) is 0 Å². The Morgan fingerprint density at radius 2 is 1.63 bits per heavy atom. The maximum absolute atomic E-state index is 6.28. The van der Waals surface area contributed by atoms with Crippen LogP contribution in [0.5, 0.6) is 0 Å². The average molecular weight is 252 g/mol. The van der Waals surface area contributed by atoms with Crippen molar-refractivity contribution in [2.45, 2.75) is 25.4 Å². The fourth-order valence-corrected chi connectivity index (χ4v) is 3.14. The van der Waals surface area contributed by atoms with Gasteiger partial charge in [0.2, 0.25) is 0 Å². The van der Waals surface area contributed by atoms with Gasteiger partial charge in [0.15, 0.2) is 0 Å². The van der Waals surface area contributed by atoms with Crippen LogP contribution in [0.15, 0.2) is 54.6 Å². The van der Waals surface area contributed by atoms with Crippen molar-refractivity contribution in [3.63, 3.8) is 0 Å². The molecule has 1 aliphatic rings. The topological polar surface area (TPSA) is 29.3 Å². The lowest BCUT2D eigenvalue weighted by atomic mass is 10.1. The van der Waals surface area contributed by atoms with E-state index in [0.717, 1.165) is 13.0 Å².